The van der Waals surface area contributed by atoms with Crippen molar-refractivity contribution in [2.75, 3.05) is 43.0 Å². The molecule has 1 saturated heterocycles. The fourth-order valence-corrected chi connectivity index (χ4v) is 3.66. The quantitative estimate of drug-likeness (QED) is 0.430. The standard InChI is InChI=1S/C23H21F7N6O/c24-17-5-1-3-15(11-17)13-35-7-9-36(10-8-35)20-32-19(33-21(34-20)37-14-22(25,26)27)31-18-6-2-4-16(12-18)23(28,29)30/h1-6,11-12H,7-10,13-14H2,(H,31,32,33,34). The molecular formula is C23H21F7N6O. The van der Waals surface area contributed by atoms with Crippen LogP contribution in [0.25, 0.3) is 0 Å². The molecule has 37 heavy (non-hydrogen) atoms. The summed E-state index contributed by atoms with van der Waals surface area (Å²) < 4.78 is 95.4. The third-order valence-corrected chi connectivity index (χ3v) is 5.36. The van der Waals surface area contributed by atoms with Crippen LogP contribution in [0, 0.1) is 5.82 Å². The molecule has 1 N–H and O–H groups in total. The molecule has 0 radical (unpaired) electrons. The van der Waals surface area contributed by atoms with Gasteiger partial charge in [0.15, 0.2) is 6.61 Å². The number of hydrogen-bond donors (Lipinski definition) is 1. The summed E-state index contributed by atoms with van der Waals surface area (Å²) in [4.78, 5) is 15.7. The summed E-state index contributed by atoms with van der Waals surface area (Å²) in [5.74, 6) is -0.607. The van der Waals surface area contributed by atoms with Crippen LogP contribution in [0.15, 0.2) is 48.5 Å². The molecule has 0 amide bonds. The normalized spacial score (nSPS) is 15.1. The first-order chi connectivity index (χ1) is 17.4. The van der Waals surface area contributed by atoms with Crippen LogP contribution in [-0.4, -0.2) is 58.8 Å². The Morgan fingerprint density at radius 2 is 1.59 bits per heavy atom. The van der Waals surface area contributed by atoms with Gasteiger partial charge in [-0.2, -0.15) is 41.3 Å². The third kappa shape index (κ3) is 7.65. The zero-order valence-corrected chi connectivity index (χ0v) is 19.2. The van der Waals surface area contributed by atoms with E-state index < -0.39 is 30.5 Å². The summed E-state index contributed by atoms with van der Waals surface area (Å²) in [7, 11) is 0. The SMILES string of the molecule is Fc1cccc(CN2CCN(c3nc(Nc4cccc(C(F)(F)F)c4)nc(OCC(F)(F)F)n3)CC2)c1. The van der Waals surface area contributed by atoms with Gasteiger partial charge in [-0.05, 0) is 35.9 Å². The lowest BCUT2D eigenvalue weighted by atomic mass is 10.2. The van der Waals surface area contributed by atoms with E-state index in [9.17, 15) is 30.7 Å². The summed E-state index contributed by atoms with van der Waals surface area (Å²) in [6.45, 7) is 0.683. The average Bonchev–Trinajstić information content (AvgIpc) is 2.82. The van der Waals surface area contributed by atoms with Crippen molar-refractivity contribution < 1.29 is 35.5 Å². The van der Waals surface area contributed by atoms with Crippen molar-refractivity contribution in [3.8, 4) is 6.01 Å². The van der Waals surface area contributed by atoms with Crippen LogP contribution < -0.4 is 15.0 Å². The Morgan fingerprint density at radius 1 is 0.865 bits per heavy atom. The van der Waals surface area contributed by atoms with Crippen LogP contribution in [-0.2, 0) is 12.7 Å². The Labute approximate surface area is 206 Å². The van der Waals surface area contributed by atoms with Gasteiger partial charge in [-0.1, -0.05) is 18.2 Å². The maximum absolute atomic E-state index is 13.5. The van der Waals surface area contributed by atoms with E-state index in [1.807, 2.05) is 0 Å². The lowest BCUT2D eigenvalue weighted by molar-refractivity contribution is -0.154. The highest BCUT2D eigenvalue weighted by atomic mass is 19.4. The predicted molar refractivity (Wildman–Crippen MR) is 120 cm³/mol. The first kappa shape index (κ1) is 26.4. The van der Waals surface area contributed by atoms with Gasteiger partial charge in [0.2, 0.25) is 11.9 Å². The topological polar surface area (TPSA) is 66.4 Å². The molecule has 1 fully saturated rings. The van der Waals surface area contributed by atoms with Crippen LogP contribution in [0.3, 0.4) is 0 Å². The highest BCUT2D eigenvalue weighted by molar-refractivity contribution is 5.56. The molecule has 0 saturated carbocycles. The predicted octanol–water partition coefficient (Wildman–Crippen LogP) is 5.04. The lowest BCUT2D eigenvalue weighted by Gasteiger charge is -2.34. The molecule has 0 unspecified atom stereocenters. The van der Waals surface area contributed by atoms with Gasteiger partial charge >= 0.3 is 18.4 Å². The van der Waals surface area contributed by atoms with E-state index in [0.29, 0.717) is 32.7 Å². The van der Waals surface area contributed by atoms with E-state index >= 15 is 0 Å². The molecule has 1 aliphatic heterocycles. The molecule has 1 aliphatic rings. The number of anilines is 3. The molecule has 3 aromatic rings. The van der Waals surface area contributed by atoms with Crippen LogP contribution >= 0.6 is 0 Å². The molecule has 0 spiro atoms. The number of halogens is 7. The van der Waals surface area contributed by atoms with E-state index in [2.05, 4.69) is 29.9 Å². The summed E-state index contributed by atoms with van der Waals surface area (Å²) >= 11 is 0. The number of rotatable bonds is 7. The Bertz CT molecular complexity index is 1210. The van der Waals surface area contributed by atoms with Gasteiger partial charge in [0.25, 0.3) is 0 Å². The number of benzene rings is 2. The number of hydrogen-bond acceptors (Lipinski definition) is 7. The molecule has 4 rings (SSSR count). The molecular weight excluding hydrogens is 509 g/mol. The van der Waals surface area contributed by atoms with Crippen LogP contribution in [0.2, 0.25) is 0 Å². The molecule has 198 valence electrons. The Kier molecular flexibility index (Phi) is 7.66. The van der Waals surface area contributed by atoms with Crippen molar-refractivity contribution in [3.63, 3.8) is 0 Å². The fourth-order valence-electron chi connectivity index (χ4n) is 3.66. The summed E-state index contributed by atoms with van der Waals surface area (Å²) in [6, 6.07) is 9.80. The number of aromatic nitrogens is 3. The van der Waals surface area contributed by atoms with Gasteiger partial charge in [0, 0.05) is 38.4 Å². The van der Waals surface area contributed by atoms with Gasteiger partial charge in [-0.3, -0.25) is 4.90 Å². The molecule has 14 heteroatoms. The largest absolute Gasteiger partial charge is 0.454 e. The number of nitrogens with one attached hydrogen (secondary N) is 1. The first-order valence-corrected chi connectivity index (χ1v) is 11.1. The third-order valence-electron chi connectivity index (χ3n) is 5.36. The van der Waals surface area contributed by atoms with E-state index in [0.717, 1.165) is 17.7 Å². The van der Waals surface area contributed by atoms with Gasteiger partial charge in [-0.25, -0.2) is 4.39 Å². The summed E-state index contributed by atoms with van der Waals surface area (Å²) in [5.41, 5.74) is -0.146. The van der Waals surface area contributed by atoms with Crippen LogP contribution in [0.5, 0.6) is 6.01 Å². The van der Waals surface area contributed by atoms with Crippen molar-refractivity contribution in [2.24, 2.45) is 0 Å². The Hall–Kier alpha value is -3.68. The summed E-state index contributed by atoms with van der Waals surface area (Å²) in [6.07, 6.45) is -9.24. The highest BCUT2D eigenvalue weighted by Crippen LogP contribution is 2.31. The van der Waals surface area contributed by atoms with Gasteiger partial charge in [0.1, 0.15) is 5.82 Å². The average molecular weight is 530 g/mol. The molecule has 0 bridgehead atoms. The lowest BCUT2D eigenvalue weighted by Crippen LogP contribution is -2.46. The minimum absolute atomic E-state index is 0.00653. The van der Waals surface area contributed by atoms with Crippen molar-refractivity contribution >= 4 is 17.6 Å². The Balaban J connectivity index is 1.51. The maximum atomic E-state index is 13.5. The van der Waals surface area contributed by atoms with Crippen LogP contribution in [0.1, 0.15) is 11.1 Å². The number of ether oxygens (including phenoxy) is 1. The van der Waals surface area contributed by atoms with Crippen LogP contribution in [0.4, 0.5) is 48.3 Å². The fraction of sp³-hybridized carbons (Fsp3) is 0.348. The minimum atomic E-state index is -4.65. The molecule has 7 nitrogen and oxygen atoms in total. The molecule has 2 aromatic carbocycles. The first-order valence-electron chi connectivity index (χ1n) is 11.1. The van der Waals surface area contributed by atoms with Gasteiger partial charge < -0.3 is 15.0 Å². The van der Waals surface area contributed by atoms with Gasteiger partial charge in [-0.15, -0.1) is 0 Å². The van der Waals surface area contributed by atoms with E-state index in [-0.39, 0.29) is 23.4 Å². The highest BCUT2D eigenvalue weighted by Gasteiger charge is 2.31. The number of nitrogens with zero attached hydrogens (tertiary/aromatic N) is 5. The van der Waals surface area contributed by atoms with Crippen molar-refractivity contribution in [1.29, 1.82) is 0 Å². The molecule has 1 aromatic heterocycles. The number of piperazine rings is 1. The van der Waals surface area contributed by atoms with E-state index in [4.69, 9.17) is 0 Å². The second kappa shape index (κ2) is 10.7. The van der Waals surface area contributed by atoms with E-state index in [1.165, 1.54) is 24.3 Å². The maximum Gasteiger partial charge on any atom is 0.422 e. The zero-order chi connectivity index (χ0) is 26.6. The number of alkyl halides is 6. The van der Waals surface area contributed by atoms with E-state index in [1.54, 1.807) is 17.0 Å². The van der Waals surface area contributed by atoms with Crippen molar-refractivity contribution in [2.45, 2.75) is 18.9 Å². The molecule has 2 heterocycles. The van der Waals surface area contributed by atoms with Crippen molar-refractivity contribution in [3.05, 3.63) is 65.5 Å². The second-order valence-corrected chi connectivity index (χ2v) is 8.24. The molecule has 0 atom stereocenters. The Morgan fingerprint density at radius 3 is 2.27 bits per heavy atom. The van der Waals surface area contributed by atoms with Crippen molar-refractivity contribution in [1.82, 2.24) is 19.9 Å². The minimum Gasteiger partial charge on any atom is -0.454 e. The smallest absolute Gasteiger partial charge is 0.422 e. The summed E-state index contributed by atoms with van der Waals surface area (Å²) in [5, 5.41) is 2.58. The second-order valence-electron chi connectivity index (χ2n) is 8.24. The molecule has 0 aliphatic carbocycles. The zero-order valence-electron chi connectivity index (χ0n) is 19.2. The van der Waals surface area contributed by atoms with Gasteiger partial charge in [0.05, 0.1) is 5.56 Å². The monoisotopic (exact) mass is 530 g/mol.